The molecule has 0 fully saturated rings. The minimum Gasteiger partial charge on any atom is -0.476 e. The predicted octanol–water partition coefficient (Wildman–Crippen LogP) is 3.45. The summed E-state index contributed by atoms with van der Waals surface area (Å²) >= 11 is 0. The van der Waals surface area contributed by atoms with E-state index in [1.165, 1.54) is 6.07 Å². The van der Waals surface area contributed by atoms with Gasteiger partial charge in [-0.15, -0.1) is 10.2 Å². The van der Waals surface area contributed by atoms with Gasteiger partial charge in [-0.2, -0.15) is 0 Å². The zero-order chi connectivity index (χ0) is 15.4. The highest BCUT2D eigenvalue weighted by Crippen LogP contribution is 2.22. The Kier molecular flexibility index (Phi) is 4.42. The van der Waals surface area contributed by atoms with Crippen molar-refractivity contribution in [2.24, 2.45) is 10.9 Å². The van der Waals surface area contributed by atoms with Gasteiger partial charge in [0.05, 0.1) is 12.3 Å². The van der Waals surface area contributed by atoms with Gasteiger partial charge < -0.3 is 4.74 Å². The van der Waals surface area contributed by atoms with Gasteiger partial charge in [0.2, 0.25) is 5.88 Å². The Morgan fingerprint density at radius 2 is 2.14 bits per heavy atom. The van der Waals surface area contributed by atoms with Crippen molar-refractivity contribution in [2.45, 2.75) is 19.8 Å². The van der Waals surface area contributed by atoms with Crippen LogP contribution >= 0.6 is 0 Å². The number of hydrogen-bond acceptors (Lipinski definition) is 4. The molecule has 114 valence electrons. The van der Waals surface area contributed by atoms with Crippen molar-refractivity contribution in [1.82, 2.24) is 10.2 Å². The highest BCUT2D eigenvalue weighted by Gasteiger charge is 2.12. The Balaban J connectivity index is 1.66. The highest BCUT2D eigenvalue weighted by atomic mass is 19.1. The van der Waals surface area contributed by atoms with Gasteiger partial charge in [-0.3, -0.25) is 4.99 Å². The quantitative estimate of drug-likeness (QED) is 0.868. The molecule has 1 aromatic heterocycles. The van der Waals surface area contributed by atoms with Crippen LogP contribution in [0.1, 0.15) is 18.4 Å². The molecule has 0 amide bonds. The van der Waals surface area contributed by atoms with E-state index in [-0.39, 0.29) is 5.82 Å². The third-order valence-electron chi connectivity index (χ3n) is 3.74. The number of benzene rings is 1. The van der Waals surface area contributed by atoms with E-state index in [1.54, 1.807) is 18.2 Å². The van der Waals surface area contributed by atoms with Crippen molar-refractivity contribution >= 4 is 6.21 Å². The number of aliphatic imine (C=N–C) groups is 1. The molecule has 0 N–H and O–H groups in total. The number of rotatable bonds is 4. The predicted molar refractivity (Wildman–Crippen MR) is 83.7 cm³/mol. The highest BCUT2D eigenvalue weighted by molar-refractivity contribution is 5.60. The van der Waals surface area contributed by atoms with Crippen molar-refractivity contribution in [3.8, 4) is 17.1 Å². The Hall–Kier alpha value is -2.30. The molecule has 22 heavy (non-hydrogen) atoms. The lowest BCUT2D eigenvalue weighted by atomic mass is 10.0. The lowest BCUT2D eigenvalue weighted by Gasteiger charge is -2.17. The third kappa shape index (κ3) is 3.47. The summed E-state index contributed by atoms with van der Waals surface area (Å²) in [5, 5.41) is 8.09. The summed E-state index contributed by atoms with van der Waals surface area (Å²) in [5.41, 5.74) is 1.84. The summed E-state index contributed by atoms with van der Waals surface area (Å²) in [6, 6.07) is 8.54. The third-order valence-corrected chi connectivity index (χ3v) is 3.74. The van der Waals surface area contributed by atoms with E-state index in [1.807, 2.05) is 19.2 Å². The molecule has 1 atom stereocenters. The van der Waals surface area contributed by atoms with Crippen LogP contribution in [0.5, 0.6) is 5.88 Å². The molecule has 0 aliphatic carbocycles. The first kappa shape index (κ1) is 14.6. The fourth-order valence-corrected chi connectivity index (χ4v) is 2.41. The summed E-state index contributed by atoms with van der Waals surface area (Å²) < 4.78 is 19.6. The fourth-order valence-electron chi connectivity index (χ4n) is 2.41. The van der Waals surface area contributed by atoms with Crippen LogP contribution in [0, 0.1) is 18.7 Å². The van der Waals surface area contributed by atoms with Gasteiger partial charge in [0.1, 0.15) is 5.82 Å². The van der Waals surface area contributed by atoms with Crippen molar-refractivity contribution < 1.29 is 9.13 Å². The lowest BCUT2D eigenvalue weighted by Crippen LogP contribution is -2.17. The first-order valence-electron chi connectivity index (χ1n) is 7.44. The molecule has 1 unspecified atom stereocenters. The van der Waals surface area contributed by atoms with E-state index in [2.05, 4.69) is 15.2 Å². The van der Waals surface area contributed by atoms with Crippen LogP contribution in [0.25, 0.3) is 11.3 Å². The second kappa shape index (κ2) is 6.64. The monoisotopic (exact) mass is 299 g/mol. The van der Waals surface area contributed by atoms with Crippen LogP contribution in [0.4, 0.5) is 4.39 Å². The second-order valence-electron chi connectivity index (χ2n) is 5.53. The summed E-state index contributed by atoms with van der Waals surface area (Å²) in [4.78, 5) is 4.20. The van der Waals surface area contributed by atoms with Gasteiger partial charge in [-0.05, 0) is 55.7 Å². The molecule has 0 bridgehead atoms. The Morgan fingerprint density at radius 3 is 2.82 bits per heavy atom. The SMILES string of the molecule is Cc1ccc(-c2ccc(OCC3CC=NCC3)nn2)c(F)c1. The van der Waals surface area contributed by atoms with E-state index < -0.39 is 0 Å². The zero-order valence-corrected chi connectivity index (χ0v) is 12.5. The smallest absolute Gasteiger partial charge is 0.233 e. The number of ether oxygens (including phenoxy) is 1. The van der Waals surface area contributed by atoms with Crippen molar-refractivity contribution in [1.29, 1.82) is 0 Å². The number of aromatic nitrogens is 2. The maximum Gasteiger partial charge on any atom is 0.233 e. The van der Waals surface area contributed by atoms with Gasteiger partial charge in [0.25, 0.3) is 0 Å². The van der Waals surface area contributed by atoms with Crippen LogP contribution in [0.3, 0.4) is 0 Å². The van der Waals surface area contributed by atoms with Crippen LogP contribution < -0.4 is 4.74 Å². The van der Waals surface area contributed by atoms with Crippen LogP contribution in [0.15, 0.2) is 35.3 Å². The van der Waals surface area contributed by atoms with E-state index in [9.17, 15) is 4.39 Å². The van der Waals surface area contributed by atoms with Crippen LogP contribution in [-0.2, 0) is 0 Å². The Morgan fingerprint density at radius 1 is 1.23 bits per heavy atom. The summed E-state index contributed by atoms with van der Waals surface area (Å²) in [7, 11) is 0. The second-order valence-corrected chi connectivity index (χ2v) is 5.53. The van der Waals surface area contributed by atoms with E-state index >= 15 is 0 Å². The molecule has 0 radical (unpaired) electrons. The minimum absolute atomic E-state index is 0.288. The Bertz CT molecular complexity index is 670. The lowest BCUT2D eigenvalue weighted by molar-refractivity contribution is 0.234. The molecule has 3 rings (SSSR count). The summed E-state index contributed by atoms with van der Waals surface area (Å²) in [6.45, 7) is 3.33. The zero-order valence-electron chi connectivity index (χ0n) is 12.5. The normalized spacial score (nSPS) is 17.5. The number of halogens is 1. The molecular formula is C17H18FN3O. The van der Waals surface area contributed by atoms with E-state index in [0.717, 1.165) is 24.9 Å². The molecule has 4 nitrogen and oxygen atoms in total. The minimum atomic E-state index is -0.288. The average molecular weight is 299 g/mol. The standard InChI is InChI=1S/C17H18FN3O/c1-12-2-3-14(15(18)10-12)16-4-5-17(21-20-16)22-11-13-6-8-19-9-7-13/h2-5,8,10,13H,6-7,9,11H2,1H3. The van der Waals surface area contributed by atoms with Crippen molar-refractivity contribution in [3.63, 3.8) is 0 Å². The van der Waals surface area contributed by atoms with Crippen LogP contribution in [0.2, 0.25) is 0 Å². The van der Waals surface area contributed by atoms with Gasteiger partial charge >= 0.3 is 0 Å². The first-order valence-corrected chi connectivity index (χ1v) is 7.44. The summed E-state index contributed by atoms with van der Waals surface area (Å²) in [6.07, 6.45) is 3.93. The maximum atomic E-state index is 13.9. The molecule has 5 heteroatoms. The maximum absolute atomic E-state index is 13.9. The first-order chi connectivity index (χ1) is 10.7. The fraction of sp³-hybridized carbons (Fsp3) is 0.353. The van der Waals surface area contributed by atoms with Crippen molar-refractivity contribution in [3.05, 3.63) is 41.7 Å². The van der Waals surface area contributed by atoms with Crippen LogP contribution in [-0.4, -0.2) is 29.6 Å². The average Bonchev–Trinajstić information content (AvgIpc) is 2.55. The number of aryl methyl sites for hydroxylation is 1. The number of nitrogens with zero attached hydrogens (tertiary/aromatic N) is 3. The molecule has 2 heterocycles. The van der Waals surface area contributed by atoms with Gasteiger partial charge in [0.15, 0.2) is 0 Å². The van der Waals surface area contributed by atoms with Gasteiger partial charge in [-0.25, -0.2) is 4.39 Å². The molecule has 1 aromatic carbocycles. The van der Waals surface area contributed by atoms with Gasteiger partial charge in [0, 0.05) is 18.2 Å². The molecule has 0 saturated heterocycles. The molecule has 1 aliphatic rings. The molecule has 1 aliphatic heterocycles. The van der Waals surface area contributed by atoms with Gasteiger partial charge in [-0.1, -0.05) is 6.07 Å². The molecule has 0 spiro atoms. The molecule has 0 saturated carbocycles. The topological polar surface area (TPSA) is 47.4 Å². The largest absolute Gasteiger partial charge is 0.476 e. The number of hydrogen-bond donors (Lipinski definition) is 0. The van der Waals surface area contributed by atoms with Crippen molar-refractivity contribution in [2.75, 3.05) is 13.2 Å². The molecular weight excluding hydrogens is 281 g/mol. The molecule has 2 aromatic rings. The summed E-state index contributed by atoms with van der Waals surface area (Å²) in [5.74, 6) is 0.664. The Labute approximate surface area is 129 Å². The van der Waals surface area contributed by atoms with E-state index in [0.29, 0.717) is 29.7 Å². The van der Waals surface area contributed by atoms with E-state index in [4.69, 9.17) is 4.74 Å².